The van der Waals surface area contributed by atoms with E-state index in [2.05, 4.69) is 32.3 Å². The third-order valence-electron chi connectivity index (χ3n) is 2.72. The molecule has 0 rings (SSSR count). The van der Waals surface area contributed by atoms with Crippen molar-refractivity contribution >= 4 is 14.3 Å². The van der Waals surface area contributed by atoms with Crippen molar-refractivity contribution in [2.24, 2.45) is 11.8 Å². The average Bonchev–Trinajstić information content (AvgIpc) is 2.00. The van der Waals surface area contributed by atoms with Gasteiger partial charge < -0.3 is 0 Å². The SMILES string of the molecule is CC(C)CCCC(C)C[CH2][GeH]([CH3])[CH3]. The monoisotopic (exact) mass is 246 g/mol. The van der Waals surface area contributed by atoms with Crippen LogP contribution in [0.2, 0.25) is 16.8 Å². The minimum absolute atomic E-state index is 0.687. The molecule has 0 aromatic rings. The van der Waals surface area contributed by atoms with E-state index in [1.807, 2.05) is 0 Å². The van der Waals surface area contributed by atoms with Crippen molar-refractivity contribution in [1.29, 1.82) is 0 Å². The van der Waals surface area contributed by atoms with Gasteiger partial charge in [0.25, 0.3) is 0 Å². The van der Waals surface area contributed by atoms with Gasteiger partial charge in [-0.05, 0) is 0 Å². The first-order valence-corrected chi connectivity index (χ1v) is 12.6. The molecule has 0 aliphatic rings. The summed E-state index contributed by atoms with van der Waals surface area (Å²) in [7, 11) is 0. The fraction of sp³-hybridized carbons (Fsp3) is 1.00. The van der Waals surface area contributed by atoms with Crippen molar-refractivity contribution in [2.75, 3.05) is 0 Å². The zero-order valence-electron chi connectivity index (χ0n) is 10.3. The zero-order valence-corrected chi connectivity index (χ0v) is 12.7. The summed E-state index contributed by atoms with van der Waals surface area (Å²) in [5.74, 6) is 6.91. The molecule has 1 heteroatoms. The van der Waals surface area contributed by atoms with Gasteiger partial charge in [-0.25, -0.2) is 0 Å². The van der Waals surface area contributed by atoms with Crippen LogP contribution in [-0.2, 0) is 0 Å². The Bertz CT molecular complexity index is 108. The normalized spacial score (nSPS) is 14.1. The van der Waals surface area contributed by atoms with Crippen LogP contribution in [0.25, 0.3) is 0 Å². The van der Waals surface area contributed by atoms with Gasteiger partial charge in [0.05, 0.1) is 0 Å². The Morgan fingerprint density at radius 2 is 1.54 bits per heavy atom. The molecule has 0 nitrogen and oxygen atoms in total. The van der Waals surface area contributed by atoms with E-state index in [1.54, 1.807) is 5.25 Å². The first kappa shape index (κ1) is 13.5. The molecular weight excluding hydrogens is 217 g/mol. The van der Waals surface area contributed by atoms with Gasteiger partial charge in [0.2, 0.25) is 0 Å². The van der Waals surface area contributed by atoms with Crippen LogP contribution < -0.4 is 0 Å². The zero-order chi connectivity index (χ0) is 10.3. The Morgan fingerprint density at radius 1 is 0.923 bits per heavy atom. The molecule has 0 aromatic heterocycles. The quantitative estimate of drug-likeness (QED) is 0.585. The average molecular weight is 245 g/mol. The van der Waals surface area contributed by atoms with Crippen LogP contribution in [0.5, 0.6) is 0 Å². The van der Waals surface area contributed by atoms with Crippen molar-refractivity contribution in [1.82, 2.24) is 0 Å². The van der Waals surface area contributed by atoms with E-state index < -0.39 is 14.3 Å². The molecule has 0 saturated carbocycles. The summed E-state index contributed by atoms with van der Waals surface area (Å²) < 4.78 is 0. The van der Waals surface area contributed by atoms with E-state index in [9.17, 15) is 0 Å². The predicted molar refractivity (Wildman–Crippen MR) is 66.2 cm³/mol. The van der Waals surface area contributed by atoms with Gasteiger partial charge in [0, 0.05) is 0 Å². The van der Waals surface area contributed by atoms with Gasteiger partial charge in [0.1, 0.15) is 0 Å². The van der Waals surface area contributed by atoms with Crippen LogP contribution >= 0.6 is 0 Å². The van der Waals surface area contributed by atoms with Crippen LogP contribution in [0.15, 0.2) is 0 Å². The van der Waals surface area contributed by atoms with Gasteiger partial charge in [-0.3, -0.25) is 0 Å². The molecule has 0 aliphatic heterocycles. The van der Waals surface area contributed by atoms with E-state index in [1.165, 1.54) is 25.7 Å². The molecular formula is C12H28Ge. The van der Waals surface area contributed by atoms with Crippen molar-refractivity contribution in [3.8, 4) is 0 Å². The molecule has 0 N–H and O–H groups in total. The molecule has 13 heavy (non-hydrogen) atoms. The van der Waals surface area contributed by atoms with E-state index in [0.717, 1.165) is 11.8 Å². The Labute approximate surface area is 89.6 Å². The van der Waals surface area contributed by atoms with Gasteiger partial charge >= 0.3 is 89.4 Å². The van der Waals surface area contributed by atoms with E-state index >= 15 is 0 Å². The van der Waals surface area contributed by atoms with Crippen LogP contribution in [0, 0.1) is 11.8 Å². The Hall–Kier alpha value is 0.543. The summed E-state index contributed by atoms with van der Waals surface area (Å²) in [4.78, 5) is 0. The number of rotatable bonds is 7. The molecule has 80 valence electrons. The van der Waals surface area contributed by atoms with Gasteiger partial charge in [-0.2, -0.15) is 0 Å². The van der Waals surface area contributed by atoms with Crippen molar-refractivity contribution < 1.29 is 0 Å². The molecule has 0 heterocycles. The molecule has 1 atom stereocenters. The third kappa shape index (κ3) is 10.5. The van der Waals surface area contributed by atoms with Crippen LogP contribution in [0.3, 0.4) is 0 Å². The second-order valence-corrected chi connectivity index (χ2v) is 12.5. The first-order chi connectivity index (χ1) is 6.02. The second-order valence-electron chi connectivity index (χ2n) is 5.40. The molecule has 0 amide bonds. The van der Waals surface area contributed by atoms with Crippen LogP contribution in [-0.4, -0.2) is 14.3 Å². The standard InChI is InChI=1S/C12H28Ge/c1-11(2)7-6-8-12(3)9-10-13(4)5/h11-13H,6-10H2,1-5H3. The van der Waals surface area contributed by atoms with E-state index in [4.69, 9.17) is 0 Å². The second kappa shape index (κ2) is 7.90. The maximum atomic E-state index is 2.51. The molecule has 0 spiro atoms. The van der Waals surface area contributed by atoms with Gasteiger partial charge in [-0.15, -0.1) is 0 Å². The number of hydrogen-bond donors (Lipinski definition) is 0. The minimum atomic E-state index is -0.687. The van der Waals surface area contributed by atoms with Crippen molar-refractivity contribution in [3.05, 3.63) is 0 Å². The molecule has 0 aliphatic carbocycles. The van der Waals surface area contributed by atoms with Crippen molar-refractivity contribution in [2.45, 2.75) is 63.2 Å². The Balaban J connectivity index is 3.25. The Kier molecular flexibility index (Phi) is 8.23. The maximum absolute atomic E-state index is 2.51. The van der Waals surface area contributed by atoms with Crippen LogP contribution in [0.4, 0.5) is 0 Å². The third-order valence-corrected chi connectivity index (χ3v) is 5.84. The van der Waals surface area contributed by atoms with Crippen molar-refractivity contribution in [3.63, 3.8) is 0 Å². The molecule has 0 fully saturated rings. The van der Waals surface area contributed by atoms with E-state index in [0.29, 0.717) is 0 Å². The molecule has 0 saturated heterocycles. The summed E-state index contributed by atoms with van der Waals surface area (Å²) in [6.45, 7) is 7.09. The summed E-state index contributed by atoms with van der Waals surface area (Å²) in [5, 5.41) is 1.59. The summed E-state index contributed by atoms with van der Waals surface area (Å²) >= 11 is -0.687. The molecule has 0 radical (unpaired) electrons. The van der Waals surface area contributed by atoms with Crippen LogP contribution in [0.1, 0.15) is 46.5 Å². The number of hydrogen-bond acceptors (Lipinski definition) is 0. The molecule has 1 unspecified atom stereocenters. The van der Waals surface area contributed by atoms with Gasteiger partial charge in [-0.1, -0.05) is 0 Å². The summed E-state index contributed by atoms with van der Waals surface area (Å²) in [6.07, 6.45) is 5.85. The molecule has 0 bridgehead atoms. The predicted octanol–water partition coefficient (Wildman–Crippen LogP) is 4.33. The fourth-order valence-corrected chi connectivity index (χ4v) is 4.23. The first-order valence-electron chi connectivity index (χ1n) is 6.02. The Morgan fingerprint density at radius 3 is 2.00 bits per heavy atom. The summed E-state index contributed by atoms with van der Waals surface area (Å²) in [6, 6.07) is 0. The summed E-state index contributed by atoms with van der Waals surface area (Å²) in [5.41, 5.74) is 0. The van der Waals surface area contributed by atoms with E-state index in [-0.39, 0.29) is 0 Å². The fourth-order valence-electron chi connectivity index (χ4n) is 1.64. The van der Waals surface area contributed by atoms with Gasteiger partial charge in [0.15, 0.2) is 0 Å². The topological polar surface area (TPSA) is 0 Å². The molecule has 0 aromatic carbocycles.